The van der Waals surface area contributed by atoms with Crippen LogP contribution in [-0.4, -0.2) is 20.7 Å². The van der Waals surface area contributed by atoms with Crippen molar-refractivity contribution in [2.45, 2.75) is 39.3 Å². The highest BCUT2D eigenvalue weighted by Gasteiger charge is 2.25. The number of nitrogens with zero attached hydrogens (tertiary/aromatic N) is 2. The number of rotatable bonds is 4. The smallest absolute Gasteiger partial charge is 0.223 e. The molecule has 0 aromatic carbocycles. The van der Waals surface area contributed by atoms with Crippen LogP contribution in [0.25, 0.3) is 0 Å². The molecule has 6 heteroatoms. The average Bonchev–Trinajstić information content (AvgIpc) is 2.53. The van der Waals surface area contributed by atoms with Crippen LogP contribution in [0.1, 0.15) is 32.0 Å². The van der Waals surface area contributed by atoms with Crippen LogP contribution in [-0.2, 0) is 17.9 Å². The number of carbonyl (C=O) groups is 1. The van der Waals surface area contributed by atoms with Crippen LogP contribution in [0.2, 0.25) is 0 Å². The summed E-state index contributed by atoms with van der Waals surface area (Å²) < 4.78 is 2.49. The molecule has 0 aliphatic heterocycles. The van der Waals surface area contributed by atoms with Gasteiger partial charge in [-0.2, -0.15) is 5.10 Å². The molecule has 0 saturated heterocycles. The van der Waals surface area contributed by atoms with Crippen molar-refractivity contribution in [3.05, 3.63) is 10.6 Å². The van der Waals surface area contributed by atoms with Crippen LogP contribution in [0.3, 0.4) is 0 Å². The lowest BCUT2D eigenvalue weighted by molar-refractivity contribution is -0.127. The number of aromatic nitrogens is 3. The molecule has 1 fully saturated rings. The second-order valence-electron chi connectivity index (χ2n) is 4.03. The zero-order chi connectivity index (χ0) is 11.5. The van der Waals surface area contributed by atoms with Crippen molar-refractivity contribution in [2.75, 3.05) is 0 Å². The molecule has 1 amide bonds. The summed E-state index contributed by atoms with van der Waals surface area (Å²) in [7, 11) is 0. The number of amides is 1. The predicted octanol–water partition coefficient (Wildman–Crippen LogP) is 1.38. The van der Waals surface area contributed by atoms with Gasteiger partial charge in [-0.3, -0.25) is 9.89 Å². The zero-order valence-electron chi connectivity index (χ0n) is 9.32. The van der Waals surface area contributed by atoms with Crippen molar-refractivity contribution >= 4 is 18.1 Å². The molecule has 0 atom stereocenters. The first-order valence-electron chi connectivity index (χ1n) is 5.64. The van der Waals surface area contributed by atoms with Gasteiger partial charge in [0, 0.05) is 12.5 Å². The Labute approximate surface area is 99.2 Å². The van der Waals surface area contributed by atoms with Crippen molar-refractivity contribution in [3.8, 4) is 0 Å². The van der Waals surface area contributed by atoms with E-state index in [0.717, 1.165) is 25.2 Å². The van der Waals surface area contributed by atoms with Crippen molar-refractivity contribution in [1.82, 2.24) is 20.1 Å². The lowest BCUT2D eigenvalue weighted by atomic mass is 9.85. The largest absolute Gasteiger partial charge is 0.349 e. The molecule has 1 aliphatic carbocycles. The predicted molar refractivity (Wildman–Crippen MR) is 62.3 cm³/mol. The van der Waals surface area contributed by atoms with Gasteiger partial charge in [-0.1, -0.05) is 6.42 Å². The summed E-state index contributed by atoms with van der Waals surface area (Å²) in [5.41, 5.74) is 0. The summed E-state index contributed by atoms with van der Waals surface area (Å²) in [5.74, 6) is 1.15. The molecule has 0 radical (unpaired) electrons. The standard InChI is InChI=1S/C10H16N4OS/c1-2-14-8(12-13-10(14)16)6-11-9(15)7-4-3-5-7/h7H,2-6H2,1H3,(H,11,15)(H,13,16). The van der Waals surface area contributed by atoms with E-state index >= 15 is 0 Å². The third kappa shape index (κ3) is 2.16. The summed E-state index contributed by atoms with van der Waals surface area (Å²) >= 11 is 5.07. The molecule has 1 aromatic heterocycles. The van der Waals surface area contributed by atoms with E-state index in [1.165, 1.54) is 6.42 Å². The highest BCUT2D eigenvalue weighted by Crippen LogP contribution is 2.26. The first-order valence-corrected chi connectivity index (χ1v) is 6.05. The molecule has 0 spiro atoms. The molecule has 0 unspecified atom stereocenters. The zero-order valence-corrected chi connectivity index (χ0v) is 10.1. The summed E-state index contributed by atoms with van der Waals surface area (Å²) in [6, 6.07) is 0. The Bertz CT molecular complexity index is 432. The molecule has 1 saturated carbocycles. The van der Waals surface area contributed by atoms with Crippen LogP contribution >= 0.6 is 12.2 Å². The molecular formula is C10H16N4OS. The maximum atomic E-state index is 11.6. The fourth-order valence-electron chi connectivity index (χ4n) is 1.79. The van der Waals surface area contributed by atoms with Gasteiger partial charge < -0.3 is 9.88 Å². The van der Waals surface area contributed by atoms with Gasteiger partial charge in [0.05, 0.1) is 6.54 Å². The Morgan fingerprint density at radius 2 is 2.44 bits per heavy atom. The summed E-state index contributed by atoms with van der Waals surface area (Å²) in [6.07, 6.45) is 3.21. The van der Waals surface area contributed by atoms with Gasteiger partial charge in [-0.15, -0.1) is 0 Å². The Hall–Kier alpha value is -1.17. The van der Waals surface area contributed by atoms with Gasteiger partial charge in [-0.05, 0) is 32.0 Å². The SMILES string of the molecule is CCn1c(CNC(=O)C2CCC2)n[nH]c1=S. The van der Waals surface area contributed by atoms with E-state index < -0.39 is 0 Å². The number of hydrogen-bond acceptors (Lipinski definition) is 3. The lowest BCUT2D eigenvalue weighted by Crippen LogP contribution is -2.34. The average molecular weight is 240 g/mol. The van der Waals surface area contributed by atoms with E-state index in [-0.39, 0.29) is 11.8 Å². The molecule has 1 aliphatic rings. The van der Waals surface area contributed by atoms with Crippen LogP contribution in [0, 0.1) is 10.7 Å². The molecule has 0 bridgehead atoms. The number of hydrogen-bond donors (Lipinski definition) is 2. The molecule has 88 valence electrons. The molecule has 5 nitrogen and oxygen atoms in total. The van der Waals surface area contributed by atoms with Crippen LogP contribution in [0.4, 0.5) is 0 Å². The van der Waals surface area contributed by atoms with Crippen LogP contribution in [0.5, 0.6) is 0 Å². The van der Waals surface area contributed by atoms with Crippen molar-refractivity contribution in [3.63, 3.8) is 0 Å². The fraction of sp³-hybridized carbons (Fsp3) is 0.700. The first-order chi connectivity index (χ1) is 7.72. The van der Waals surface area contributed by atoms with E-state index in [2.05, 4.69) is 15.5 Å². The van der Waals surface area contributed by atoms with Crippen molar-refractivity contribution in [1.29, 1.82) is 0 Å². The molecule has 16 heavy (non-hydrogen) atoms. The number of H-pyrrole nitrogens is 1. The third-order valence-electron chi connectivity index (χ3n) is 3.05. The van der Waals surface area contributed by atoms with Gasteiger partial charge >= 0.3 is 0 Å². The van der Waals surface area contributed by atoms with Crippen molar-refractivity contribution in [2.24, 2.45) is 5.92 Å². The van der Waals surface area contributed by atoms with Crippen molar-refractivity contribution < 1.29 is 4.79 Å². The van der Waals surface area contributed by atoms with Gasteiger partial charge in [0.2, 0.25) is 5.91 Å². The summed E-state index contributed by atoms with van der Waals surface area (Å²) in [5, 5.41) is 9.73. The van der Waals surface area contributed by atoms with E-state index in [4.69, 9.17) is 12.2 Å². The van der Waals surface area contributed by atoms with Crippen LogP contribution in [0.15, 0.2) is 0 Å². The van der Waals surface area contributed by atoms with Gasteiger partial charge in [0.15, 0.2) is 10.6 Å². The van der Waals surface area contributed by atoms with Crippen LogP contribution < -0.4 is 5.32 Å². The maximum Gasteiger partial charge on any atom is 0.223 e. The minimum Gasteiger partial charge on any atom is -0.349 e. The van der Waals surface area contributed by atoms with E-state index in [1.54, 1.807) is 0 Å². The van der Waals surface area contributed by atoms with E-state index in [0.29, 0.717) is 11.3 Å². The Balaban J connectivity index is 1.93. The fourth-order valence-corrected chi connectivity index (χ4v) is 2.07. The molecule has 2 rings (SSSR count). The second kappa shape index (κ2) is 4.78. The number of carbonyl (C=O) groups excluding carboxylic acids is 1. The van der Waals surface area contributed by atoms with Gasteiger partial charge in [-0.25, -0.2) is 0 Å². The van der Waals surface area contributed by atoms with E-state index in [1.807, 2.05) is 11.5 Å². The first kappa shape index (κ1) is 11.3. The van der Waals surface area contributed by atoms with E-state index in [9.17, 15) is 4.79 Å². The summed E-state index contributed by atoms with van der Waals surface area (Å²) in [4.78, 5) is 11.6. The topological polar surface area (TPSA) is 62.7 Å². The Kier molecular flexibility index (Phi) is 3.38. The molecule has 2 N–H and O–H groups in total. The number of aromatic amines is 1. The molecule has 1 heterocycles. The Morgan fingerprint density at radius 3 is 3.00 bits per heavy atom. The molecular weight excluding hydrogens is 224 g/mol. The minimum atomic E-state index is 0.142. The molecule has 1 aromatic rings. The number of nitrogens with one attached hydrogen (secondary N) is 2. The normalized spacial score (nSPS) is 15.8. The van der Waals surface area contributed by atoms with Gasteiger partial charge in [0.25, 0.3) is 0 Å². The summed E-state index contributed by atoms with van der Waals surface area (Å²) in [6.45, 7) is 3.23. The minimum absolute atomic E-state index is 0.142. The second-order valence-corrected chi connectivity index (χ2v) is 4.42. The highest BCUT2D eigenvalue weighted by molar-refractivity contribution is 7.71. The Morgan fingerprint density at radius 1 is 1.69 bits per heavy atom. The monoisotopic (exact) mass is 240 g/mol. The quantitative estimate of drug-likeness (QED) is 0.781. The maximum absolute atomic E-state index is 11.6. The highest BCUT2D eigenvalue weighted by atomic mass is 32.1. The lowest BCUT2D eigenvalue weighted by Gasteiger charge is -2.23. The van der Waals surface area contributed by atoms with Gasteiger partial charge in [0.1, 0.15) is 0 Å². The third-order valence-corrected chi connectivity index (χ3v) is 3.36.